The van der Waals surface area contributed by atoms with Crippen molar-refractivity contribution in [2.75, 3.05) is 0 Å². The van der Waals surface area contributed by atoms with E-state index in [9.17, 15) is 9.59 Å². The molecule has 0 bridgehead atoms. The first-order chi connectivity index (χ1) is 10.5. The Morgan fingerprint density at radius 3 is 2.82 bits per heavy atom. The Hall–Kier alpha value is -2.35. The van der Waals surface area contributed by atoms with Crippen molar-refractivity contribution < 1.29 is 14.7 Å². The Bertz CT molecular complexity index is 694. The van der Waals surface area contributed by atoms with Crippen molar-refractivity contribution in [3.05, 3.63) is 34.9 Å². The molecule has 0 saturated heterocycles. The highest BCUT2D eigenvalue weighted by molar-refractivity contribution is 6.31. The van der Waals surface area contributed by atoms with E-state index in [1.165, 1.54) is 25.4 Å². The molecule has 0 aliphatic heterocycles. The monoisotopic (exact) mass is 325 g/mol. The molecule has 1 amide bonds. The fourth-order valence-electron chi connectivity index (χ4n) is 2.00. The topological polar surface area (TPSA) is 102 Å². The van der Waals surface area contributed by atoms with Crippen LogP contribution in [0.3, 0.4) is 0 Å². The molecule has 2 aromatic rings. The summed E-state index contributed by atoms with van der Waals surface area (Å²) in [6.45, 7) is 4.19. The van der Waals surface area contributed by atoms with Crippen molar-refractivity contribution in [3.8, 4) is 0 Å². The van der Waals surface area contributed by atoms with E-state index in [1.54, 1.807) is 4.68 Å². The van der Waals surface area contributed by atoms with Crippen LogP contribution in [0, 0.1) is 0 Å². The van der Waals surface area contributed by atoms with Crippen LogP contribution in [0.4, 0.5) is 0 Å². The average Bonchev–Trinajstić information content (AvgIpc) is 3.10. The highest BCUT2D eigenvalue weighted by Crippen LogP contribution is 2.15. The minimum absolute atomic E-state index is 0.175. The van der Waals surface area contributed by atoms with Crippen LogP contribution in [-0.4, -0.2) is 36.5 Å². The van der Waals surface area contributed by atoms with Gasteiger partial charge in [0, 0.05) is 12.7 Å². The minimum Gasteiger partial charge on any atom is -0.480 e. The number of hydrogen-bond donors (Lipinski definition) is 2. The van der Waals surface area contributed by atoms with Gasteiger partial charge in [-0.05, 0) is 19.9 Å². The molecule has 2 N–H and O–H groups in total. The number of carboxylic acid groups (broad SMARTS) is 1. The molecular formula is C13H16ClN5O3. The maximum atomic E-state index is 12.2. The molecule has 0 fully saturated rings. The minimum atomic E-state index is -1.06. The van der Waals surface area contributed by atoms with Gasteiger partial charge in [0.1, 0.15) is 11.7 Å². The first-order valence-corrected chi connectivity index (χ1v) is 7.08. The molecule has 0 radical (unpaired) electrons. The number of halogens is 1. The Kier molecular flexibility index (Phi) is 4.81. The molecule has 0 spiro atoms. The lowest BCUT2D eigenvalue weighted by Crippen LogP contribution is -2.29. The molecule has 0 saturated carbocycles. The number of carbonyl (C=O) groups excluding carboxylic acids is 1. The van der Waals surface area contributed by atoms with Gasteiger partial charge in [0.25, 0.3) is 5.91 Å². The first-order valence-electron chi connectivity index (χ1n) is 6.70. The van der Waals surface area contributed by atoms with Crippen LogP contribution in [0.15, 0.2) is 18.5 Å². The summed E-state index contributed by atoms with van der Waals surface area (Å²) in [5, 5.41) is 20.2. The van der Waals surface area contributed by atoms with Crippen LogP contribution in [0.1, 0.15) is 36.1 Å². The van der Waals surface area contributed by atoms with Crippen molar-refractivity contribution in [1.29, 1.82) is 0 Å². The smallest absolute Gasteiger partial charge is 0.328 e. The van der Waals surface area contributed by atoms with Crippen LogP contribution in [0.5, 0.6) is 0 Å². The van der Waals surface area contributed by atoms with Crippen molar-refractivity contribution in [2.45, 2.75) is 33.0 Å². The second kappa shape index (κ2) is 6.61. The number of nitrogens with zero attached hydrogens (tertiary/aromatic N) is 4. The number of hydrogen-bond acceptors (Lipinski definition) is 4. The molecule has 9 heteroatoms. The predicted molar refractivity (Wildman–Crippen MR) is 78.7 cm³/mol. The lowest BCUT2D eigenvalue weighted by molar-refractivity contribution is -0.140. The Balaban J connectivity index is 2.12. The summed E-state index contributed by atoms with van der Waals surface area (Å²) in [6, 6.07) is 0.536. The molecule has 0 aliphatic rings. The fraction of sp³-hybridized carbons (Fsp3) is 0.385. The maximum Gasteiger partial charge on any atom is 0.328 e. The van der Waals surface area contributed by atoms with Gasteiger partial charge in [-0.2, -0.15) is 10.2 Å². The van der Waals surface area contributed by atoms with E-state index in [2.05, 4.69) is 15.5 Å². The van der Waals surface area contributed by atoms with E-state index < -0.39 is 17.9 Å². The van der Waals surface area contributed by atoms with E-state index in [1.807, 2.05) is 6.92 Å². The number of nitrogens with one attached hydrogen (secondary N) is 1. The molecule has 0 aromatic carbocycles. The normalized spacial score (nSPS) is 12.1. The van der Waals surface area contributed by atoms with E-state index in [4.69, 9.17) is 16.7 Å². The van der Waals surface area contributed by atoms with Crippen molar-refractivity contribution in [1.82, 2.24) is 24.9 Å². The molecule has 2 heterocycles. The SMILES string of the molecule is CCn1ncc(Cl)c1CNC(=O)c1ccnn1C(C)C(=O)O. The van der Waals surface area contributed by atoms with Gasteiger partial charge < -0.3 is 10.4 Å². The largest absolute Gasteiger partial charge is 0.480 e. The second-order valence-corrected chi connectivity index (χ2v) is 5.02. The lowest BCUT2D eigenvalue weighted by atomic mass is 10.3. The standard InChI is InChI=1S/C13H16ClN5O3/c1-3-18-11(9(14)6-17-18)7-15-12(20)10-4-5-16-19(10)8(2)13(21)22/h4-6,8H,3,7H2,1-2H3,(H,15,20)(H,21,22). The summed E-state index contributed by atoms with van der Waals surface area (Å²) in [4.78, 5) is 23.2. The molecule has 1 atom stereocenters. The number of aryl methyl sites for hydroxylation is 1. The summed E-state index contributed by atoms with van der Waals surface area (Å²) in [7, 11) is 0. The van der Waals surface area contributed by atoms with Gasteiger partial charge in [-0.15, -0.1) is 0 Å². The van der Waals surface area contributed by atoms with Gasteiger partial charge in [-0.1, -0.05) is 11.6 Å². The predicted octanol–water partition coefficient (Wildman–Crippen LogP) is 1.33. The molecule has 8 nitrogen and oxygen atoms in total. The van der Waals surface area contributed by atoms with Gasteiger partial charge in [-0.3, -0.25) is 9.48 Å². The van der Waals surface area contributed by atoms with E-state index in [-0.39, 0.29) is 12.2 Å². The first kappa shape index (κ1) is 16.0. The van der Waals surface area contributed by atoms with Gasteiger partial charge in [0.05, 0.1) is 23.5 Å². The lowest BCUT2D eigenvalue weighted by Gasteiger charge is -2.12. The number of rotatable bonds is 6. The van der Waals surface area contributed by atoms with E-state index in [0.717, 1.165) is 4.68 Å². The average molecular weight is 326 g/mol. The summed E-state index contributed by atoms with van der Waals surface area (Å²) in [5.41, 5.74) is 0.864. The molecule has 2 aromatic heterocycles. The number of aromatic nitrogens is 4. The maximum absolute atomic E-state index is 12.2. The molecule has 22 heavy (non-hydrogen) atoms. The van der Waals surface area contributed by atoms with E-state index >= 15 is 0 Å². The third-order valence-electron chi connectivity index (χ3n) is 3.24. The van der Waals surface area contributed by atoms with Crippen LogP contribution in [0.2, 0.25) is 5.02 Å². The van der Waals surface area contributed by atoms with Crippen LogP contribution >= 0.6 is 11.6 Å². The number of carbonyl (C=O) groups is 2. The highest BCUT2D eigenvalue weighted by Gasteiger charge is 2.21. The van der Waals surface area contributed by atoms with Gasteiger partial charge in [0.2, 0.25) is 0 Å². The van der Waals surface area contributed by atoms with Crippen molar-refractivity contribution >= 4 is 23.5 Å². The van der Waals surface area contributed by atoms with Crippen molar-refractivity contribution in [2.24, 2.45) is 0 Å². The Labute approximate surface area is 131 Å². The van der Waals surface area contributed by atoms with Crippen LogP contribution in [-0.2, 0) is 17.9 Å². The second-order valence-electron chi connectivity index (χ2n) is 4.61. The summed E-state index contributed by atoms with van der Waals surface area (Å²) in [6.07, 6.45) is 2.90. The summed E-state index contributed by atoms with van der Waals surface area (Å²) < 4.78 is 2.84. The van der Waals surface area contributed by atoms with E-state index in [0.29, 0.717) is 17.3 Å². The molecular weight excluding hydrogens is 310 g/mol. The van der Waals surface area contributed by atoms with Crippen LogP contribution in [0.25, 0.3) is 0 Å². The van der Waals surface area contributed by atoms with Gasteiger partial charge >= 0.3 is 5.97 Å². The van der Waals surface area contributed by atoms with Gasteiger partial charge in [-0.25, -0.2) is 9.48 Å². The third-order valence-corrected chi connectivity index (χ3v) is 3.56. The Morgan fingerprint density at radius 2 is 2.18 bits per heavy atom. The summed E-state index contributed by atoms with van der Waals surface area (Å²) in [5.74, 6) is -1.49. The highest BCUT2D eigenvalue weighted by atomic mass is 35.5. The molecule has 2 rings (SSSR count). The van der Waals surface area contributed by atoms with Crippen LogP contribution < -0.4 is 5.32 Å². The van der Waals surface area contributed by atoms with Crippen molar-refractivity contribution in [3.63, 3.8) is 0 Å². The third kappa shape index (κ3) is 3.11. The quantitative estimate of drug-likeness (QED) is 0.834. The summed E-state index contributed by atoms with van der Waals surface area (Å²) >= 11 is 6.03. The Morgan fingerprint density at radius 1 is 1.45 bits per heavy atom. The molecule has 118 valence electrons. The number of aliphatic carboxylic acids is 1. The zero-order valence-electron chi connectivity index (χ0n) is 12.2. The molecule has 1 unspecified atom stereocenters. The zero-order chi connectivity index (χ0) is 16.3. The van der Waals surface area contributed by atoms with Gasteiger partial charge in [0.15, 0.2) is 0 Å². The fourth-order valence-corrected chi connectivity index (χ4v) is 2.21. The number of carboxylic acids is 1. The number of amides is 1. The zero-order valence-corrected chi connectivity index (χ0v) is 12.9. The molecule has 0 aliphatic carbocycles.